The molecule has 0 atom stereocenters. The Morgan fingerprint density at radius 2 is 1.80 bits per heavy atom. The van der Waals surface area contributed by atoms with Crippen LogP contribution in [0, 0.1) is 0 Å². The van der Waals surface area contributed by atoms with Gasteiger partial charge in [-0.05, 0) is 50.3 Å². The van der Waals surface area contributed by atoms with Gasteiger partial charge in [0.25, 0.3) is 0 Å². The number of hydrogen-bond donors (Lipinski definition) is 2. The summed E-state index contributed by atoms with van der Waals surface area (Å²) in [6.45, 7) is 6.42. The highest BCUT2D eigenvalue weighted by Crippen LogP contribution is 2.46. The number of nitrogens with zero attached hydrogens (tertiary/aromatic N) is 7. The summed E-state index contributed by atoms with van der Waals surface area (Å²) in [4.78, 5) is 21.0. The monoisotopic (exact) mass is 625 g/mol. The van der Waals surface area contributed by atoms with E-state index in [9.17, 15) is 4.57 Å². The van der Waals surface area contributed by atoms with E-state index in [1.165, 1.54) is 0 Å². The summed E-state index contributed by atoms with van der Waals surface area (Å²) in [5.74, 6) is 2.13. The van der Waals surface area contributed by atoms with Gasteiger partial charge >= 0.3 is 0 Å². The van der Waals surface area contributed by atoms with E-state index >= 15 is 0 Å². The lowest BCUT2D eigenvalue weighted by Crippen LogP contribution is -2.36. The average molecular weight is 626 g/mol. The molecule has 0 amide bonds. The molecule has 1 aliphatic carbocycles. The van der Waals surface area contributed by atoms with Crippen LogP contribution in [0.25, 0.3) is 22.2 Å². The molecule has 45 heavy (non-hydrogen) atoms. The predicted octanol–water partition coefficient (Wildman–Crippen LogP) is 5.28. The van der Waals surface area contributed by atoms with Crippen LogP contribution in [0.2, 0.25) is 0 Å². The van der Waals surface area contributed by atoms with Gasteiger partial charge in [-0.1, -0.05) is 0 Å². The first kappa shape index (κ1) is 29.2. The third-order valence-electron chi connectivity index (χ3n) is 8.17. The molecule has 1 saturated heterocycles. The van der Waals surface area contributed by atoms with Crippen molar-refractivity contribution in [2.24, 2.45) is 7.05 Å². The second kappa shape index (κ2) is 11.8. The zero-order valence-corrected chi connectivity index (χ0v) is 26.7. The lowest BCUT2D eigenvalue weighted by Gasteiger charge is -2.31. The van der Waals surface area contributed by atoms with E-state index in [0.29, 0.717) is 58.7 Å². The van der Waals surface area contributed by atoms with E-state index in [1.54, 1.807) is 37.5 Å². The molecule has 0 bridgehead atoms. The summed E-state index contributed by atoms with van der Waals surface area (Å²) < 4.78 is 26.9. The highest BCUT2D eigenvalue weighted by atomic mass is 31.2. The van der Waals surface area contributed by atoms with Crippen molar-refractivity contribution in [3.8, 4) is 16.9 Å². The minimum atomic E-state index is -2.75. The smallest absolute Gasteiger partial charge is 0.229 e. The average Bonchev–Trinajstić information content (AvgIpc) is 3.79. The van der Waals surface area contributed by atoms with Crippen LogP contribution < -0.4 is 25.6 Å². The minimum Gasteiger partial charge on any atom is -0.494 e. The van der Waals surface area contributed by atoms with Gasteiger partial charge in [0.2, 0.25) is 5.95 Å². The molecule has 0 unspecified atom stereocenters. The van der Waals surface area contributed by atoms with Gasteiger partial charge in [0, 0.05) is 73.4 Å². The van der Waals surface area contributed by atoms with Crippen LogP contribution in [-0.2, 0) is 16.3 Å². The van der Waals surface area contributed by atoms with Crippen molar-refractivity contribution in [3.63, 3.8) is 0 Å². The molecule has 1 aliphatic heterocycles. The van der Waals surface area contributed by atoms with E-state index in [-0.39, 0.29) is 0 Å². The van der Waals surface area contributed by atoms with Crippen molar-refractivity contribution < 1.29 is 14.0 Å². The number of nitrogens with one attached hydrogen (secondary N) is 2. The van der Waals surface area contributed by atoms with Gasteiger partial charge in [-0.25, -0.2) is 4.98 Å². The van der Waals surface area contributed by atoms with Gasteiger partial charge in [-0.15, -0.1) is 0 Å². The van der Waals surface area contributed by atoms with Crippen LogP contribution in [0.3, 0.4) is 0 Å². The third kappa shape index (κ3) is 5.95. The quantitative estimate of drug-likeness (QED) is 0.207. The molecular weight excluding hydrogens is 589 g/mol. The number of aryl methyl sites for hydroxylation is 1. The Labute approximate surface area is 261 Å². The van der Waals surface area contributed by atoms with Crippen LogP contribution >= 0.6 is 7.14 Å². The first-order valence-electron chi connectivity index (χ1n) is 15.0. The first-order valence-corrected chi connectivity index (χ1v) is 17.6. The van der Waals surface area contributed by atoms with Gasteiger partial charge in [-0.3, -0.25) is 14.6 Å². The molecule has 13 heteroatoms. The maximum absolute atomic E-state index is 13.6. The lowest BCUT2D eigenvalue weighted by atomic mass is 10.0. The van der Waals surface area contributed by atoms with Crippen molar-refractivity contribution in [3.05, 3.63) is 60.8 Å². The molecule has 0 radical (unpaired) electrons. The number of rotatable bonds is 9. The number of hydrogen-bond acceptors (Lipinski definition) is 11. The summed E-state index contributed by atoms with van der Waals surface area (Å²) in [6.07, 6.45) is 11.2. The lowest BCUT2D eigenvalue weighted by molar-refractivity contribution is 0.122. The number of morpholine rings is 1. The Kier molecular flexibility index (Phi) is 7.63. The Balaban J connectivity index is 1.29. The summed E-state index contributed by atoms with van der Waals surface area (Å²) >= 11 is 0. The molecule has 0 spiro atoms. The number of benzene rings is 2. The van der Waals surface area contributed by atoms with Crippen molar-refractivity contribution in [1.82, 2.24) is 29.7 Å². The Morgan fingerprint density at radius 3 is 2.51 bits per heavy atom. The van der Waals surface area contributed by atoms with Crippen molar-refractivity contribution in [1.29, 1.82) is 0 Å². The molecule has 7 rings (SSSR count). The number of fused-ring (bicyclic) bond motifs is 1. The summed E-state index contributed by atoms with van der Waals surface area (Å²) in [5.41, 5.74) is 6.85. The normalized spacial score (nSPS) is 15.3. The summed E-state index contributed by atoms with van der Waals surface area (Å²) in [7, 11) is 0.825. The molecule has 5 aromatic rings. The highest BCUT2D eigenvalue weighted by Gasteiger charge is 2.29. The molecule has 12 nitrogen and oxygen atoms in total. The van der Waals surface area contributed by atoms with Crippen LogP contribution in [0.1, 0.15) is 24.3 Å². The minimum absolute atomic E-state index is 0.375. The van der Waals surface area contributed by atoms with E-state index in [1.807, 2.05) is 37.8 Å². The highest BCUT2D eigenvalue weighted by molar-refractivity contribution is 7.71. The maximum Gasteiger partial charge on any atom is 0.229 e. The zero-order valence-electron chi connectivity index (χ0n) is 25.8. The SMILES string of the molecule is COc1cc(N2CCOCC2)c(-c2cnn(C)c2)cc1Nc1ncc(C2CC2)c(Nc2ccc3nccnc3c2P(C)(C)=O)n1. The molecule has 1 saturated carbocycles. The summed E-state index contributed by atoms with van der Waals surface area (Å²) in [5, 5.41) is 12.0. The fourth-order valence-corrected chi connectivity index (χ4v) is 7.25. The second-order valence-corrected chi connectivity index (χ2v) is 15.0. The Bertz CT molecular complexity index is 1930. The van der Waals surface area contributed by atoms with Gasteiger partial charge < -0.3 is 29.6 Å². The molecule has 232 valence electrons. The number of ether oxygens (including phenoxy) is 2. The van der Waals surface area contributed by atoms with Gasteiger partial charge in [-0.2, -0.15) is 10.1 Å². The van der Waals surface area contributed by atoms with E-state index in [4.69, 9.17) is 19.4 Å². The first-order chi connectivity index (χ1) is 21.8. The standard InChI is InChI=1S/C32H36N9O3P/c1-40-19-21(17-36-40)22-15-26(28(43-2)16-27(22)41-11-13-44-14-12-41)38-32-35-18-23(20-5-6-20)31(39-32)37-25-8-7-24-29(34-10-9-33-24)30(25)45(3,4)42/h7-10,15-20H,5-6,11-14H2,1-4H3,(H2,35,37,38,39). The predicted molar refractivity (Wildman–Crippen MR) is 177 cm³/mol. The largest absolute Gasteiger partial charge is 0.494 e. The van der Waals surface area contributed by atoms with Crippen LogP contribution in [0.5, 0.6) is 5.75 Å². The second-order valence-electron chi connectivity index (χ2n) is 11.8. The number of anilines is 5. The van der Waals surface area contributed by atoms with Crippen LogP contribution in [-0.4, -0.2) is 76.5 Å². The van der Waals surface area contributed by atoms with Gasteiger partial charge in [0.1, 0.15) is 24.2 Å². The van der Waals surface area contributed by atoms with Crippen molar-refractivity contribution in [2.75, 3.05) is 62.3 Å². The molecule has 2 aromatic carbocycles. The van der Waals surface area contributed by atoms with Gasteiger partial charge in [0.05, 0.1) is 48.7 Å². The fourth-order valence-electron chi connectivity index (χ4n) is 5.85. The molecule has 4 heterocycles. The zero-order chi connectivity index (χ0) is 31.1. The van der Waals surface area contributed by atoms with E-state index < -0.39 is 7.14 Å². The molecular formula is C32H36N9O3P. The maximum atomic E-state index is 13.6. The van der Waals surface area contributed by atoms with Crippen molar-refractivity contribution >= 4 is 52.3 Å². The number of methoxy groups -OCH3 is 1. The van der Waals surface area contributed by atoms with E-state index in [2.05, 4.69) is 42.7 Å². The topological polar surface area (TPSA) is 132 Å². The fraction of sp³-hybridized carbons (Fsp3) is 0.344. The molecule has 2 N–H and O–H groups in total. The Morgan fingerprint density at radius 1 is 1.00 bits per heavy atom. The summed E-state index contributed by atoms with van der Waals surface area (Å²) in [6, 6.07) is 7.92. The van der Waals surface area contributed by atoms with E-state index in [0.717, 1.165) is 54.0 Å². The Hall–Kier alpha value is -4.54. The van der Waals surface area contributed by atoms with Crippen molar-refractivity contribution in [2.45, 2.75) is 18.8 Å². The van der Waals surface area contributed by atoms with Crippen LogP contribution in [0.4, 0.5) is 28.8 Å². The van der Waals surface area contributed by atoms with Crippen LogP contribution in [0.15, 0.2) is 55.2 Å². The molecule has 2 aliphatic rings. The third-order valence-corrected chi connectivity index (χ3v) is 9.70. The number of aromatic nitrogens is 6. The molecule has 3 aromatic heterocycles. The van der Waals surface area contributed by atoms with Gasteiger partial charge in [0.15, 0.2) is 0 Å². The molecule has 2 fully saturated rings.